The van der Waals surface area contributed by atoms with Crippen molar-refractivity contribution in [3.63, 3.8) is 0 Å². The fraction of sp³-hybridized carbons (Fsp3) is 1.00. The molecule has 0 saturated carbocycles. The number of hydrogen-bond donors (Lipinski definition) is 1. The van der Waals surface area contributed by atoms with Crippen LogP contribution in [0.25, 0.3) is 0 Å². The molecule has 0 amide bonds. The second-order valence-electron chi connectivity index (χ2n) is 4.01. The third-order valence-corrected chi connectivity index (χ3v) is 2.71. The van der Waals surface area contributed by atoms with E-state index in [0.29, 0.717) is 6.10 Å². The molecule has 0 aliphatic carbocycles. The first kappa shape index (κ1) is 11.0. The standard InChI is InChI=1S/C11H22O2/c1-2-5-10(12)6-3-7-11-8-4-9-13-11/h10-12H,2-9H2,1H3. The van der Waals surface area contributed by atoms with E-state index in [-0.39, 0.29) is 6.10 Å². The molecule has 2 atom stereocenters. The van der Waals surface area contributed by atoms with Crippen molar-refractivity contribution < 1.29 is 9.84 Å². The zero-order valence-electron chi connectivity index (χ0n) is 8.67. The van der Waals surface area contributed by atoms with E-state index in [1.54, 1.807) is 0 Å². The van der Waals surface area contributed by atoms with Crippen LogP contribution >= 0.6 is 0 Å². The molecular formula is C11H22O2. The fourth-order valence-corrected chi connectivity index (χ4v) is 1.93. The molecule has 0 spiro atoms. The van der Waals surface area contributed by atoms with Gasteiger partial charge in [0.25, 0.3) is 0 Å². The van der Waals surface area contributed by atoms with Crippen LogP contribution in [0.5, 0.6) is 0 Å². The Kier molecular flexibility index (Phi) is 5.40. The first-order valence-corrected chi connectivity index (χ1v) is 5.62. The quantitative estimate of drug-likeness (QED) is 0.690. The van der Waals surface area contributed by atoms with Gasteiger partial charge in [0.2, 0.25) is 0 Å². The van der Waals surface area contributed by atoms with Gasteiger partial charge >= 0.3 is 0 Å². The van der Waals surface area contributed by atoms with E-state index in [1.807, 2.05) is 0 Å². The van der Waals surface area contributed by atoms with Crippen LogP contribution in [0, 0.1) is 0 Å². The van der Waals surface area contributed by atoms with Crippen LogP contribution in [0.15, 0.2) is 0 Å². The van der Waals surface area contributed by atoms with E-state index >= 15 is 0 Å². The van der Waals surface area contributed by atoms with E-state index in [4.69, 9.17) is 4.74 Å². The zero-order valence-corrected chi connectivity index (χ0v) is 8.67. The second kappa shape index (κ2) is 6.39. The summed E-state index contributed by atoms with van der Waals surface area (Å²) in [4.78, 5) is 0. The highest BCUT2D eigenvalue weighted by molar-refractivity contribution is 4.65. The Balaban J connectivity index is 1.93. The van der Waals surface area contributed by atoms with Crippen LogP contribution in [0.3, 0.4) is 0 Å². The van der Waals surface area contributed by atoms with Gasteiger partial charge in [0.15, 0.2) is 0 Å². The largest absolute Gasteiger partial charge is 0.393 e. The molecule has 1 aliphatic heterocycles. The molecule has 1 aliphatic rings. The lowest BCUT2D eigenvalue weighted by Crippen LogP contribution is -2.09. The Bertz CT molecular complexity index is 119. The zero-order chi connectivity index (χ0) is 9.52. The van der Waals surface area contributed by atoms with Crippen molar-refractivity contribution in [3.05, 3.63) is 0 Å². The lowest BCUT2D eigenvalue weighted by atomic mass is 10.0. The highest BCUT2D eigenvalue weighted by Crippen LogP contribution is 2.18. The van der Waals surface area contributed by atoms with E-state index in [0.717, 1.165) is 38.7 Å². The van der Waals surface area contributed by atoms with Crippen LogP contribution in [0.1, 0.15) is 51.9 Å². The summed E-state index contributed by atoms with van der Waals surface area (Å²) >= 11 is 0. The summed E-state index contributed by atoms with van der Waals surface area (Å²) in [5.74, 6) is 0. The average Bonchev–Trinajstić information content (AvgIpc) is 2.57. The maximum absolute atomic E-state index is 9.48. The molecule has 2 nitrogen and oxygen atoms in total. The first-order valence-electron chi connectivity index (χ1n) is 5.62. The molecule has 1 rings (SSSR count). The van der Waals surface area contributed by atoms with Crippen molar-refractivity contribution in [2.24, 2.45) is 0 Å². The Morgan fingerprint density at radius 1 is 1.46 bits per heavy atom. The van der Waals surface area contributed by atoms with Gasteiger partial charge in [-0.25, -0.2) is 0 Å². The van der Waals surface area contributed by atoms with Crippen molar-refractivity contribution in [2.75, 3.05) is 6.61 Å². The Morgan fingerprint density at radius 2 is 2.31 bits per heavy atom. The van der Waals surface area contributed by atoms with Gasteiger partial charge in [0.05, 0.1) is 12.2 Å². The van der Waals surface area contributed by atoms with Gasteiger partial charge in [-0.3, -0.25) is 0 Å². The van der Waals surface area contributed by atoms with E-state index in [1.165, 1.54) is 12.8 Å². The summed E-state index contributed by atoms with van der Waals surface area (Å²) in [7, 11) is 0. The summed E-state index contributed by atoms with van der Waals surface area (Å²) in [6.45, 7) is 3.06. The molecule has 0 bridgehead atoms. The first-order chi connectivity index (χ1) is 6.33. The molecule has 1 saturated heterocycles. The van der Waals surface area contributed by atoms with Crippen LogP contribution in [-0.4, -0.2) is 23.9 Å². The molecule has 2 unspecified atom stereocenters. The highest BCUT2D eigenvalue weighted by atomic mass is 16.5. The molecule has 13 heavy (non-hydrogen) atoms. The normalized spacial score (nSPS) is 24.9. The van der Waals surface area contributed by atoms with E-state index in [9.17, 15) is 5.11 Å². The third-order valence-electron chi connectivity index (χ3n) is 2.71. The summed E-state index contributed by atoms with van der Waals surface area (Å²) in [6.07, 6.45) is 8.11. The smallest absolute Gasteiger partial charge is 0.0576 e. The van der Waals surface area contributed by atoms with Crippen LogP contribution in [0.2, 0.25) is 0 Å². The molecule has 2 heteroatoms. The summed E-state index contributed by atoms with van der Waals surface area (Å²) in [6, 6.07) is 0. The number of hydrogen-bond acceptors (Lipinski definition) is 2. The summed E-state index contributed by atoms with van der Waals surface area (Å²) < 4.78 is 5.51. The molecule has 0 aromatic carbocycles. The molecule has 1 N–H and O–H groups in total. The van der Waals surface area contributed by atoms with Crippen molar-refractivity contribution >= 4 is 0 Å². The molecule has 78 valence electrons. The summed E-state index contributed by atoms with van der Waals surface area (Å²) in [5.41, 5.74) is 0. The van der Waals surface area contributed by atoms with Crippen LogP contribution < -0.4 is 0 Å². The fourth-order valence-electron chi connectivity index (χ4n) is 1.93. The van der Waals surface area contributed by atoms with E-state index in [2.05, 4.69) is 6.92 Å². The van der Waals surface area contributed by atoms with Crippen molar-refractivity contribution in [3.8, 4) is 0 Å². The molecule has 0 radical (unpaired) electrons. The molecule has 1 heterocycles. The van der Waals surface area contributed by atoms with E-state index < -0.39 is 0 Å². The minimum Gasteiger partial charge on any atom is -0.393 e. The van der Waals surface area contributed by atoms with Crippen LogP contribution in [-0.2, 0) is 4.74 Å². The Hall–Kier alpha value is -0.0800. The minimum atomic E-state index is -0.0774. The maximum atomic E-state index is 9.48. The second-order valence-corrected chi connectivity index (χ2v) is 4.01. The van der Waals surface area contributed by atoms with Gasteiger partial charge in [-0.2, -0.15) is 0 Å². The lowest BCUT2D eigenvalue weighted by molar-refractivity contribution is 0.0931. The molecule has 0 aromatic rings. The minimum absolute atomic E-state index is 0.0774. The SMILES string of the molecule is CCCC(O)CCCC1CCCO1. The van der Waals surface area contributed by atoms with Gasteiger partial charge in [0.1, 0.15) is 0 Å². The Labute approximate surface area is 81.3 Å². The van der Waals surface area contributed by atoms with Crippen LogP contribution in [0.4, 0.5) is 0 Å². The number of ether oxygens (including phenoxy) is 1. The topological polar surface area (TPSA) is 29.5 Å². The average molecular weight is 186 g/mol. The predicted molar refractivity (Wildman–Crippen MR) is 53.7 cm³/mol. The predicted octanol–water partition coefficient (Wildman–Crippen LogP) is 2.50. The van der Waals surface area contributed by atoms with Crippen molar-refractivity contribution in [1.29, 1.82) is 0 Å². The van der Waals surface area contributed by atoms with Gasteiger partial charge in [-0.15, -0.1) is 0 Å². The number of rotatable bonds is 6. The maximum Gasteiger partial charge on any atom is 0.0576 e. The van der Waals surface area contributed by atoms with Gasteiger partial charge in [-0.1, -0.05) is 13.3 Å². The molecular weight excluding hydrogens is 164 g/mol. The number of aliphatic hydroxyl groups excluding tert-OH is 1. The van der Waals surface area contributed by atoms with Gasteiger partial charge in [0, 0.05) is 6.61 Å². The van der Waals surface area contributed by atoms with Gasteiger partial charge in [-0.05, 0) is 38.5 Å². The Morgan fingerprint density at radius 3 is 2.92 bits per heavy atom. The van der Waals surface area contributed by atoms with Gasteiger partial charge < -0.3 is 9.84 Å². The molecule has 0 aromatic heterocycles. The molecule has 1 fully saturated rings. The summed E-state index contributed by atoms with van der Waals surface area (Å²) in [5, 5.41) is 9.48. The van der Waals surface area contributed by atoms with Crippen molar-refractivity contribution in [2.45, 2.75) is 64.1 Å². The third kappa shape index (κ3) is 4.63. The van der Waals surface area contributed by atoms with Crippen molar-refractivity contribution in [1.82, 2.24) is 0 Å². The number of aliphatic hydroxyl groups is 1. The lowest BCUT2D eigenvalue weighted by Gasteiger charge is -2.11. The highest BCUT2D eigenvalue weighted by Gasteiger charge is 2.15. The monoisotopic (exact) mass is 186 g/mol.